The minimum absolute atomic E-state index is 0.0847. The van der Waals surface area contributed by atoms with Gasteiger partial charge in [-0.15, -0.1) is 10.2 Å². The van der Waals surface area contributed by atoms with Crippen molar-refractivity contribution < 1.29 is 4.79 Å². The standard InChI is InChI=1S/C19H19ClN4OS/c1-12-5-4-6-14(9-12)21-17(25)11-26-19-23-22-18(24(19)3)15-8-7-13(2)10-16(15)20/h4-10H,11H2,1-3H3,(H,21,25). The molecule has 3 rings (SSSR count). The third kappa shape index (κ3) is 4.26. The van der Waals surface area contributed by atoms with Crippen LogP contribution in [0.3, 0.4) is 0 Å². The highest BCUT2D eigenvalue weighted by Gasteiger charge is 2.15. The van der Waals surface area contributed by atoms with Crippen LogP contribution in [-0.2, 0) is 11.8 Å². The Bertz CT molecular complexity index is 954. The van der Waals surface area contributed by atoms with Gasteiger partial charge < -0.3 is 9.88 Å². The highest BCUT2D eigenvalue weighted by Crippen LogP contribution is 2.29. The summed E-state index contributed by atoms with van der Waals surface area (Å²) in [6, 6.07) is 13.5. The van der Waals surface area contributed by atoms with Crippen LogP contribution in [0.15, 0.2) is 47.6 Å². The predicted molar refractivity (Wildman–Crippen MR) is 107 cm³/mol. The highest BCUT2D eigenvalue weighted by atomic mass is 35.5. The predicted octanol–water partition coefficient (Wildman–Crippen LogP) is 4.48. The Morgan fingerprint density at radius 3 is 2.65 bits per heavy atom. The summed E-state index contributed by atoms with van der Waals surface area (Å²) in [5, 5.41) is 12.6. The van der Waals surface area contributed by atoms with E-state index < -0.39 is 0 Å². The lowest BCUT2D eigenvalue weighted by Crippen LogP contribution is -2.14. The van der Waals surface area contributed by atoms with Gasteiger partial charge in [0.25, 0.3) is 0 Å². The molecule has 0 bridgehead atoms. The number of benzene rings is 2. The number of thioether (sulfide) groups is 1. The molecule has 0 aliphatic heterocycles. The molecule has 1 N–H and O–H groups in total. The minimum atomic E-state index is -0.0847. The van der Waals surface area contributed by atoms with Crippen LogP contribution in [0.2, 0.25) is 5.02 Å². The first-order valence-electron chi connectivity index (χ1n) is 8.09. The number of rotatable bonds is 5. The Balaban J connectivity index is 1.68. The number of amides is 1. The van der Waals surface area contributed by atoms with Gasteiger partial charge in [0.05, 0.1) is 10.8 Å². The molecular weight excluding hydrogens is 368 g/mol. The zero-order chi connectivity index (χ0) is 18.7. The van der Waals surface area contributed by atoms with Crippen LogP contribution in [0.1, 0.15) is 11.1 Å². The number of anilines is 1. The number of aryl methyl sites for hydroxylation is 2. The van der Waals surface area contributed by atoms with Gasteiger partial charge in [0.15, 0.2) is 11.0 Å². The summed E-state index contributed by atoms with van der Waals surface area (Å²) in [6.45, 7) is 3.97. The van der Waals surface area contributed by atoms with Crippen molar-refractivity contribution in [2.24, 2.45) is 7.05 Å². The molecule has 0 radical (unpaired) electrons. The van der Waals surface area contributed by atoms with Crippen molar-refractivity contribution in [2.75, 3.05) is 11.1 Å². The van der Waals surface area contributed by atoms with E-state index in [9.17, 15) is 4.79 Å². The van der Waals surface area contributed by atoms with Gasteiger partial charge in [-0.1, -0.05) is 41.6 Å². The molecule has 1 amide bonds. The average Bonchev–Trinajstić information content (AvgIpc) is 2.94. The summed E-state index contributed by atoms with van der Waals surface area (Å²) in [5.74, 6) is 0.844. The first-order valence-corrected chi connectivity index (χ1v) is 9.45. The molecule has 0 aliphatic rings. The van der Waals surface area contributed by atoms with Gasteiger partial charge in [-0.05, 0) is 49.2 Å². The van der Waals surface area contributed by atoms with Gasteiger partial charge in [-0.25, -0.2) is 0 Å². The topological polar surface area (TPSA) is 59.8 Å². The number of carbonyl (C=O) groups is 1. The van der Waals surface area contributed by atoms with E-state index in [1.165, 1.54) is 11.8 Å². The van der Waals surface area contributed by atoms with E-state index in [-0.39, 0.29) is 11.7 Å². The molecular formula is C19H19ClN4OS. The average molecular weight is 387 g/mol. The summed E-state index contributed by atoms with van der Waals surface area (Å²) in [4.78, 5) is 12.2. The monoisotopic (exact) mass is 386 g/mol. The van der Waals surface area contributed by atoms with Crippen LogP contribution in [-0.4, -0.2) is 26.4 Å². The van der Waals surface area contributed by atoms with Gasteiger partial charge in [0.2, 0.25) is 5.91 Å². The fraction of sp³-hybridized carbons (Fsp3) is 0.211. The Morgan fingerprint density at radius 1 is 1.15 bits per heavy atom. The maximum atomic E-state index is 12.2. The number of carbonyl (C=O) groups excluding carboxylic acids is 1. The molecule has 134 valence electrons. The maximum absolute atomic E-state index is 12.2. The zero-order valence-corrected chi connectivity index (χ0v) is 16.4. The van der Waals surface area contributed by atoms with E-state index in [2.05, 4.69) is 15.5 Å². The fourth-order valence-corrected chi connectivity index (χ4v) is 3.56. The molecule has 0 fully saturated rings. The van der Waals surface area contributed by atoms with Crippen LogP contribution in [0.25, 0.3) is 11.4 Å². The molecule has 1 aromatic heterocycles. The molecule has 0 unspecified atom stereocenters. The zero-order valence-electron chi connectivity index (χ0n) is 14.8. The van der Waals surface area contributed by atoms with E-state index >= 15 is 0 Å². The van der Waals surface area contributed by atoms with Gasteiger partial charge in [-0.2, -0.15) is 0 Å². The van der Waals surface area contributed by atoms with Crippen LogP contribution in [0, 0.1) is 13.8 Å². The number of nitrogens with zero attached hydrogens (tertiary/aromatic N) is 3. The van der Waals surface area contributed by atoms with Crippen LogP contribution in [0.5, 0.6) is 0 Å². The lowest BCUT2D eigenvalue weighted by atomic mass is 10.1. The Kier molecular flexibility index (Phi) is 5.64. The maximum Gasteiger partial charge on any atom is 0.234 e. The Morgan fingerprint density at radius 2 is 1.92 bits per heavy atom. The van der Waals surface area contributed by atoms with Crippen molar-refractivity contribution in [2.45, 2.75) is 19.0 Å². The summed E-state index contributed by atoms with van der Waals surface area (Å²) in [7, 11) is 1.87. The van der Waals surface area contributed by atoms with Crippen molar-refractivity contribution in [1.82, 2.24) is 14.8 Å². The Labute approximate surface area is 161 Å². The molecule has 5 nitrogen and oxygen atoms in total. The van der Waals surface area contributed by atoms with Crippen molar-refractivity contribution in [1.29, 1.82) is 0 Å². The molecule has 0 atom stereocenters. The SMILES string of the molecule is Cc1cccc(NC(=O)CSc2nnc(-c3ccc(C)cc3Cl)n2C)c1. The molecule has 1 heterocycles. The largest absolute Gasteiger partial charge is 0.325 e. The normalized spacial score (nSPS) is 10.8. The van der Waals surface area contributed by atoms with Crippen molar-refractivity contribution in [3.63, 3.8) is 0 Å². The molecule has 0 spiro atoms. The minimum Gasteiger partial charge on any atom is -0.325 e. The number of hydrogen-bond acceptors (Lipinski definition) is 4. The smallest absolute Gasteiger partial charge is 0.234 e. The van der Waals surface area contributed by atoms with E-state index in [1.54, 1.807) is 0 Å². The fourth-order valence-electron chi connectivity index (χ4n) is 2.53. The van der Waals surface area contributed by atoms with E-state index in [0.717, 1.165) is 22.4 Å². The van der Waals surface area contributed by atoms with Crippen LogP contribution in [0.4, 0.5) is 5.69 Å². The van der Waals surface area contributed by atoms with Gasteiger partial charge in [-0.3, -0.25) is 4.79 Å². The summed E-state index contributed by atoms with van der Waals surface area (Å²) < 4.78 is 1.85. The Hall–Kier alpha value is -2.31. The van der Waals surface area contributed by atoms with Crippen molar-refractivity contribution in [3.8, 4) is 11.4 Å². The molecule has 0 saturated carbocycles. The molecule has 3 aromatic rings. The quantitative estimate of drug-likeness (QED) is 0.656. The van der Waals surface area contributed by atoms with E-state index in [4.69, 9.17) is 11.6 Å². The molecule has 0 aliphatic carbocycles. The van der Waals surface area contributed by atoms with Crippen molar-refractivity contribution in [3.05, 3.63) is 58.6 Å². The number of aromatic nitrogens is 3. The van der Waals surface area contributed by atoms with Crippen LogP contribution < -0.4 is 5.32 Å². The molecule has 2 aromatic carbocycles. The third-order valence-corrected chi connectivity index (χ3v) is 5.17. The second-order valence-corrected chi connectivity index (χ2v) is 7.40. The van der Waals surface area contributed by atoms with Gasteiger partial charge in [0, 0.05) is 18.3 Å². The lowest BCUT2D eigenvalue weighted by Gasteiger charge is -2.07. The van der Waals surface area contributed by atoms with Gasteiger partial charge >= 0.3 is 0 Å². The lowest BCUT2D eigenvalue weighted by molar-refractivity contribution is -0.113. The second kappa shape index (κ2) is 7.93. The summed E-state index contributed by atoms with van der Waals surface area (Å²) in [6.07, 6.45) is 0. The number of hydrogen-bond donors (Lipinski definition) is 1. The van der Waals surface area contributed by atoms with Crippen molar-refractivity contribution >= 4 is 35.0 Å². The summed E-state index contributed by atoms with van der Waals surface area (Å²) >= 11 is 7.66. The molecule has 26 heavy (non-hydrogen) atoms. The highest BCUT2D eigenvalue weighted by molar-refractivity contribution is 7.99. The second-order valence-electron chi connectivity index (χ2n) is 6.05. The molecule has 7 heteroatoms. The number of halogens is 1. The summed E-state index contributed by atoms with van der Waals surface area (Å²) in [5.41, 5.74) is 3.80. The third-order valence-electron chi connectivity index (χ3n) is 3.83. The number of nitrogens with one attached hydrogen (secondary N) is 1. The van der Waals surface area contributed by atoms with E-state index in [1.807, 2.05) is 67.9 Å². The van der Waals surface area contributed by atoms with E-state index in [0.29, 0.717) is 16.0 Å². The first-order chi connectivity index (χ1) is 12.4. The van der Waals surface area contributed by atoms with Gasteiger partial charge in [0.1, 0.15) is 0 Å². The molecule has 0 saturated heterocycles. The van der Waals surface area contributed by atoms with Crippen LogP contribution >= 0.6 is 23.4 Å². The first kappa shape index (κ1) is 18.5.